The summed E-state index contributed by atoms with van der Waals surface area (Å²) in [6.07, 6.45) is 6.52. The molecule has 0 spiro atoms. The summed E-state index contributed by atoms with van der Waals surface area (Å²) < 4.78 is 0. The molecule has 2 aromatic rings. The number of hydrogen-bond acceptors (Lipinski definition) is 6. The first-order valence-corrected chi connectivity index (χ1v) is 8.27. The minimum absolute atomic E-state index is 0.885. The third kappa shape index (κ3) is 4.39. The van der Waals surface area contributed by atoms with Crippen LogP contribution in [0.15, 0.2) is 24.7 Å². The van der Waals surface area contributed by atoms with Gasteiger partial charge in [-0.2, -0.15) is 0 Å². The molecule has 0 atom stereocenters. The van der Waals surface area contributed by atoms with E-state index >= 15 is 0 Å². The highest BCUT2D eigenvalue weighted by Crippen LogP contribution is 2.17. The summed E-state index contributed by atoms with van der Waals surface area (Å²) in [6.45, 7) is 5.81. The molecule has 0 bridgehead atoms. The molecular weight excluding hydrogens is 288 g/mol. The fraction of sp³-hybridized carbons (Fsp3) is 0.471. The van der Waals surface area contributed by atoms with Crippen molar-refractivity contribution in [2.45, 2.75) is 26.2 Å². The molecule has 0 aliphatic carbocycles. The largest absolute Gasteiger partial charge is 0.370 e. The number of rotatable bonds is 6. The SMILES string of the molecule is Cc1ccc(NCCCNc2ncnc3c2CCNCC3)nc1. The van der Waals surface area contributed by atoms with E-state index in [9.17, 15) is 0 Å². The van der Waals surface area contributed by atoms with E-state index in [0.29, 0.717) is 0 Å². The van der Waals surface area contributed by atoms with Crippen molar-refractivity contribution in [1.29, 1.82) is 0 Å². The van der Waals surface area contributed by atoms with Gasteiger partial charge in [0.15, 0.2) is 0 Å². The summed E-state index contributed by atoms with van der Waals surface area (Å²) in [5.41, 5.74) is 3.62. The van der Waals surface area contributed by atoms with E-state index in [4.69, 9.17) is 0 Å². The highest BCUT2D eigenvalue weighted by Gasteiger charge is 2.13. The van der Waals surface area contributed by atoms with Crippen LogP contribution in [0.5, 0.6) is 0 Å². The maximum atomic E-state index is 4.42. The second kappa shape index (κ2) is 7.87. The molecule has 1 aliphatic heterocycles. The number of nitrogens with one attached hydrogen (secondary N) is 3. The van der Waals surface area contributed by atoms with Gasteiger partial charge in [0, 0.05) is 37.8 Å². The number of anilines is 2. The predicted molar refractivity (Wildman–Crippen MR) is 92.9 cm³/mol. The molecule has 23 heavy (non-hydrogen) atoms. The van der Waals surface area contributed by atoms with Gasteiger partial charge in [0.2, 0.25) is 0 Å². The summed E-state index contributed by atoms with van der Waals surface area (Å²) in [5, 5.41) is 10.2. The van der Waals surface area contributed by atoms with Crippen molar-refractivity contribution in [3.63, 3.8) is 0 Å². The second-order valence-corrected chi connectivity index (χ2v) is 5.83. The number of aryl methyl sites for hydroxylation is 1. The monoisotopic (exact) mass is 312 g/mol. The summed E-state index contributed by atoms with van der Waals surface area (Å²) in [6, 6.07) is 4.08. The summed E-state index contributed by atoms with van der Waals surface area (Å²) in [4.78, 5) is 13.2. The molecule has 0 aromatic carbocycles. The zero-order valence-corrected chi connectivity index (χ0v) is 13.6. The number of aromatic nitrogens is 3. The third-order valence-electron chi connectivity index (χ3n) is 3.99. The molecule has 0 fully saturated rings. The molecule has 0 unspecified atom stereocenters. The van der Waals surface area contributed by atoms with Crippen molar-refractivity contribution < 1.29 is 0 Å². The highest BCUT2D eigenvalue weighted by atomic mass is 15.0. The lowest BCUT2D eigenvalue weighted by atomic mass is 10.1. The van der Waals surface area contributed by atoms with Gasteiger partial charge in [-0.25, -0.2) is 15.0 Å². The Kier molecular flexibility index (Phi) is 5.37. The Hall–Kier alpha value is -2.21. The minimum Gasteiger partial charge on any atom is -0.370 e. The molecular formula is C17H24N6. The zero-order chi connectivity index (χ0) is 15.9. The fourth-order valence-electron chi connectivity index (χ4n) is 2.71. The molecule has 3 heterocycles. The van der Waals surface area contributed by atoms with Crippen LogP contribution in [0.2, 0.25) is 0 Å². The van der Waals surface area contributed by atoms with Crippen LogP contribution in [0.25, 0.3) is 0 Å². The van der Waals surface area contributed by atoms with Crippen LogP contribution in [0.3, 0.4) is 0 Å². The lowest BCUT2D eigenvalue weighted by Gasteiger charge is -2.12. The van der Waals surface area contributed by atoms with Crippen LogP contribution < -0.4 is 16.0 Å². The van der Waals surface area contributed by atoms with Gasteiger partial charge in [-0.1, -0.05) is 6.07 Å². The normalized spacial score (nSPS) is 14.0. The molecule has 6 heteroatoms. The predicted octanol–water partition coefficient (Wildman–Crippen LogP) is 1.78. The fourth-order valence-corrected chi connectivity index (χ4v) is 2.71. The van der Waals surface area contributed by atoms with Gasteiger partial charge in [-0.3, -0.25) is 0 Å². The molecule has 122 valence electrons. The Bertz CT molecular complexity index is 625. The van der Waals surface area contributed by atoms with Gasteiger partial charge in [0.05, 0.1) is 5.69 Å². The van der Waals surface area contributed by atoms with Crippen molar-refractivity contribution in [3.05, 3.63) is 41.5 Å². The van der Waals surface area contributed by atoms with Gasteiger partial charge in [-0.15, -0.1) is 0 Å². The summed E-state index contributed by atoms with van der Waals surface area (Å²) >= 11 is 0. The van der Waals surface area contributed by atoms with Gasteiger partial charge in [-0.05, 0) is 37.9 Å². The van der Waals surface area contributed by atoms with Crippen LogP contribution in [0.1, 0.15) is 23.2 Å². The van der Waals surface area contributed by atoms with Crippen LogP contribution in [-0.4, -0.2) is 41.1 Å². The maximum Gasteiger partial charge on any atom is 0.132 e. The lowest BCUT2D eigenvalue weighted by molar-refractivity contribution is 0.708. The van der Waals surface area contributed by atoms with E-state index in [2.05, 4.69) is 37.0 Å². The van der Waals surface area contributed by atoms with E-state index in [1.807, 2.05) is 19.2 Å². The van der Waals surface area contributed by atoms with Crippen molar-refractivity contribution in [2.75, 3.05) is 36.8 Å². The van der Waals surface area contributed by atoms with Crippen LogP contribution in [0, 0.1) is 6.92 Å². The Morgan fingerprint density at radius 2 is 1.91 bits per heavy atom. The van der Waals surface area contributed by atoms with Crippen molar-refractivity contribution in [3.8, 4) is 0 Å². The topological polar surface area (TPSA) is 74.8 Å². The van der Waals surface area contributed by atoms with E-state index in [-0.39, 0.29) is 0 Å². The van der Waals surface area contributed by atoms with Gasteiger partial charge in [0.1, 0.15) is 18.0 Å². The molecule has 3 N–H and O–H groups in total. The molecule has 0 saturated heterocycles. The van der Waals surface area contributed by atoms with Crippen LogP contribution in [0.4, 0.5) is 11.6 Å². The average Bonchev–Trinajstić information content (AvgIpc) is 2.82. The lowest BCUT2D eigenvalue weighted by Crippen LogP contribution is -2.16. The van der Waals surface area contributed by atoms with Gasteiger partial charge in [0.25, 0.3) is 0 Å². The van der Waals surface area contributed by atoms with Gasteiger partial charge >= 0.3 is 0 Å². The Morgan fingerprint density at radius 1 is 1.04 bits per heavy atom. The molecule has 0 radical (unpaired) electrons. The maximum absolute atomic E-state index is 4.42. The third-order valence-corrected chi connectivity index (χ3v) is 3.99. The van der Waals surface area contributed by atoms with Crippen molar-refractivity contribution >= 4 is 11.6 Å². The van der Waals surface area contributed by atoms with Crippen LogP contribution >= 0.6 is 0 Å². The Morgan fingerprint density at radius 3 is 2.78 bits per heavy atom. The molecule has 0 amide bonds. The highest BCUT2D eigenvalue weighted by molar-refractivity contribution is 5.46. The standard InChI is InChI=1S/C17H24N6/c1-13-3-4-16(21-11-13)19-7-2-8-20-17-14-5-9-18-10-6-15(14)22-12-23-17/h3-4,11-12,18H,2,5-10H2,1H3,(H,19,21)(H,20,22,23). The number of fused-ring (bicyclic) bond motifs is 1. The van der Waals surface area contributed by atoms with E-state index in [0.717, 1.165) is 57.1 Å². The van der Waals surface area contributed by atoms with E-state index in [1.54, 1.807) is 6.33 Å². The number of hydrogen-bond donors (Lipinski definition) is 3. The molecule has 6 nitrogen and oxygen atoms in total. The van der Waals surface area contributed by atoms with Crippen LogP contribution in [-0.2, 0) is 12.8 Å². The zero-order valence-electron chi connectivity index (χ0n) is 13.6. The molecule has 3 rings (SSSR count). The molecule has 2 aromatic heterocycles. The Balaban J connectivity index is 1.46. The summed E-state index contributed by atoms with van der Waals surface area (Å²) in [5.74, 6) is 1.92. The quantitative estimate of drug-likeness (QED) is 0.706. The average molecular weight is 312 g/mol. The first-order chi connectivity index (χ1) is 11.3. The molecule has 0 saturated carbocycles. The van der Waals surface area contributed by atoms with E-state index in [1.165, 1.54) is 16.8 Å². The Labute approximate surface area is 137 Å². The summed E-state index contributed by atoms with van der Waals surface area (Å²) in [7, 11) is 0. The first-order valence-electron chi connectivity index (χ1n) is 8.27. The number of pyridine rings is 1. The number of nitrogens with zero attached hydrogens (tertiary/aromatic N) is 3. The second-order valence-electron chi connectivity index (χ2n) is 5.83. The minimum atomic E-state index is 0.885. The smallest absolute Gasteiger partial charge is 0.132 e. The van der Waals surface area contributed by atoms with Crippen molar-refractivity contribution in [2.24, 2.45) is 0 Å². The van der Waals surface area contributed by atoms with Gasteiger partial charge < -0.3 is 16.0 Å². The van der Waals surface area contributed by atoms with E-state index < -0.39 is 0 Å². The first kappa shape index (κ1) is 15.7. The van der Waals surface area contributed by atoms with Crippen molar-refractivity contribution in [1.82, 2.24) is 20.3 Å². The molecule has 1 aliphatic rings.